The van der Waals surface area contributed by atoms with Crippen molar-refractivity contribution >= 4 is 5.78 Å². The number of carbonyl (C=O) groups is 1. The second-order valence-electron chi connectivity index (χ2n) is 9.95. The van der Waals surface area contributed by atoms with Crippen molar-refractivity contribution < 1.29 is 14.6 Å². The molecular weight excluding hydrogens is 288 g/mol. The molecule has 4 rings (SSSR count). The third-order valence-electron chi connectivity index (χ3n) is 9.01. The van der Waals surface area contributed by atoms with Gasteiger partial charge >= 0.3 is 0 Å². The molecule has 0 radical (unpaired) electrons. The van der Waals surface area contributed by atoms with Gasteiger partial charge in [-0.15, -0.1) is 0 Å². The van der Waals surface area contributed by atoms with Crippen LogP contribution >= 0.6 is 0 Å². The molecule has 0 saturated heterocycles. The predicted octanol–water partition coefficient (Wildman–Crippen LogP) is 3.58. The molecule has 0 aromatic heterocycles. The standard InChI is InChI=1S/C20H32O3/c1-17(2,22)15-6-7-20-10-12-8-13(23-5)9-14(12)19(20,4)16(21)11-18(15,20)3/h12-15,22H,6-11H2,1-5H3/t12-,13-,14-,15+,18+,19-,20+/m1/s1. The highest BCUT2D eigenvalue weighted by atomic mass is 16.5. The predicted molar refractivity (Wildman–Crippen MR) is 88.9 cm³/mol. The van der Waals surface area contributed by atoms with Gasteiger partial charge in [0.25, 0.3) is 0 Å². The Morgan fingerprint density at radius 1 is 1.26 bits per heavy atom. The number of fused-ring (bicyclic) bond motifs is 2. The average Bonchev–Trinajstić information content (AvgIpc) is 3.07. The Bertz CT molecular complexity index is 550. The van der Waals surface area contributed by atoms with Crippen LogP contribution in [0.25, 0.3) is 0 Å². The second-order valence-corrected chi connectivity index (χ2v) is 9.95. The first kappa shape index (κ1) is 16.1. The van der Waals surface area contributed by atoms with Crippen LogP contribution in [0.5, 0.6) is 0 Å². The largest absolute Gasteiger partial charge is 0.390 e. The average molecular weight is 320 g/mol. The lowest BCUT2D eigenvalue weighted by Gasteiger charge is -2.48. The molecule has 0 unspecified atom stereocenters. The van der Waals surface area contributed by atoms with Gasteiger partial charge in [-0.25, -0.2) is 0 Å². The van der Waals surface area contributed by atoms with E-state index in [-0.39, 0.29) is 22.2 Å². The number of aliphatic hydroxyl groups is 1. The Kier molecular flexibility index (Phi) is 3.08. The van der Waals surface area contributed by atoms with Gasteiger partial charge in [-0.1, -0.05) is 13.8 Å². The van der Waals surface area contributed by atoms with Crippen molar-refractivity contribution in [2.75, 3.05) is 7.11 Å². The summed E-state index contributed by atoms with van der Waals surface area (Å²) in [5, 5.41) is 10.8. The molecule has 1 spiro atoms. The minimum Gasteiger partial charge on any atom is -0.390 e. The number of ketones is 1. The molecule has 3 heteroatoms. The topological polar surface area (TPSA) is 46.5 Å². The van der Waals surface area contributed by atoms with Crippen LogP contribution in [0, 0.1) is 34.0 Å². The van der Waals surface area contributed by atoms with Crippen molar-refractivity contribution in [2.24, 2.45) is 34.0 Å². The van der Waals surface area contributed by atoms with Crippen LogP contribution in [0.4, 0.5) is 0 Å². The van der Waals surface area contributed by atoms with Crippen molar-refractivity contribution in [2.45, 2.75) is 77.9 Å². The zero-order chi connectivity index (χ0) is 16.8. The van der Waals surface area contributed by atoms with E-state index in [1.165, 1.54) is 6.42 Å². The number of Topliss-reactive ketones (excluding diaryl/α,β-unsaturated/α-hetero) is 1. The van der Waals surface area contributed by atoms with Crippen LogP contribution in [-0.2, 0) is 9.53 Å². The molecule has 4 saturated carbocycles. The molecule has 0 aliphatic heterocycles. The molecule has 1 N–H and O–H groups in total. The highest BCUT2D eigenvalue weighted by Gasteiger charge is 2.79. The van der Waals surface area contributed by atoms with Crippen molar-refractivity contribution in [3.63, 3.8) is 0 Å². The van der Waals surface area contributed by atoms with Gasteiger partial charge in [-0.05, 0) is 74.5 Å². The smallest absolute Gasteiger partial charge is 0.140 e. The zero-order valence-electron chi connectivity index (χ0n) is 15.3. The fraction of sp³-hybridized carbons (Fsp3) is 0.950. The fourth-order valence-corrected chi connectivity index (χ4v) is 8.15. The van der Waals surface area contributed by atoms with Crippen molar-refractivity contribution in [1.82, 2.24) is 0 Å². The van der Waals surface area contributed by atoms with Gasteiger partial charge in [0.1, 0.15) is 5.78 Å². The van der Waals surface area contributed by atoms with Crippen molar-refractivity contribution in [3.8, 4) is 0 Å². The van der Waals surface area contributed by atoms with Gasteiger partial charge in [0, 0.05) is 18.9 Å². The van der Waals surface area contributed by atoms with Crippen LogP contribution in [0.2, 0.25) is 0 Å². The second kappa shape index (κ2) is 4.40. The maximum absolute atomic E-state index is 13.3. The summed E-state index contributed by atoms with van der Waals surface area (Å²) in [6.45, 7) is 8.48. The number of hydrogen-bond donors (Lipinski definition) is 1. The minimum atomic E-state index is -0.698. The molecular formula is C20H32O3. The number of ether oxygens (including phenoxy) is 1. The van der Waals surface area contributed by atoms with Crippen molar-refractivity contribution in [3.05, 3.63) is 0 Å². The molecule has 4 aliphatic rings. The van der Waals surface area contributed by atoms with Gasteiger partial charge in [0.05, 0.1) is 11.7 Å². The third kappa shape index (κ3) is 1.62. The summed E-state index contributed by atoms with van der Waals surface area (Å²) in [6, 6.07) is 0. The van der Waals surface area contributed by atoms with E-state index in [1.54, 1.807) is 0 Å². The monoisotopic (exact) mass is 320 g/mol. The van der Waals surface area contributed by atoms with E-state index < -0.39 is 5.60 Å². The first-order valence-electron chi connectivity index (χ1n) is 9.38. The summed E-state index contributed by atoms with van der Waals surface area (Å²) in [4.78, 5) is 13.3. The number of methoxy groups -OCH3 is 1. The number of hydrogen-bond acceptors (Lipinski definition) is 3. The summed E-state index contributed by atoms with van der Waals surface area (Å²) in [5.74, 6) is 1.83. The zero-order valence-corrected chi connectivity index (χ0v) is 15.3. The lowest BCUT2D eigenvalue weighted by molar-refractivity contribution is -0.131. The summed E-state index contributed by atoms with van der Waals surface area (Å²) in [6.07, 6.45) is 6.53. The van der Waals surface area contributed by atoms with E-state index in [9.17, 15) is 9.90 Å². The Balaban J connectivity index is 1.79. The Morgan fingerprint density at radius 3 is 2.57 bits per heavy atom. The molecule has 4 fully saturated rings. The Labute approximate surface area is 140 Å². The molecule has 23 heavy (non-hydrogen) atoms. The molecule has 0 amide bonds. The molecule has 3 nitrogen and oxygen atoms in total. The maximum atomic E-state index is 13.3. The summed E-state index contributed by atoms with van der Waals surface area (Å²) in [7, 11) is 1.81. The van der Waals surface area contributed by atoms with E-state index in [4.69, 9.17) is 4.74 Å². The summed E-state index contributed by atoms with van der Waals surface area (Å²) >= 11 is 0. The van der Waals surface area contributed by atoms with Crippen LogP contribution in [0.1, 0.15) is 66.2 Å². The lowest BCUT2D eigenvalue weighted by Crippen LogP contribution is -2.47. The first-order valence-corrected chi connectivity index (χ1v) is 9.38. The molecule has 0 aromatic rings. The highest BCUT2D eigenvalue weighted by molar-refractivity contribution is 5.90. The quantitative estimate of drug-likeness (QED) is 0.846. The molecule has 0 aromatic carbocycles. The van der Waals surface area contributed by atoms with Crippen LogP contribution in [0.15, 0.2) is 0 Å². The molecule has 130 valence electrons. The van der Waals surface area contributed by atoms with E-state index in [1.807, 2.05) is 21.0 Å². The van der Waals surface area contributed by atoms with E-state index in [2.05, 4.69) is 13.8 Å². The number of carbonyl (C=O) groups excluding carboxylic acids is 1. The van der Waals surface area contributed by atoms with Gasteiger partial charge < -0.3 is 9.84 Å². The molecule has 4 aliphatic carbocycles. The third-order valence-corrected chi connectivity index (χ3v) is 9.01. The lowest BCUT2D eigenvalue weighted by atomic mass is 9.55. The summed E-state index contributed by atoms with van der Waals surface area (Å²) < 4.78 is 5.63. The van der Waals surface area contributed by atoms with Crippen molar-refractivity contribution in [1.29, 1.82) is 0 Å². The van der Waals surface area contributed by atoms with E-state index in [0.717, 1.165) is 25.7 Å². The molecule has 7 atom stereocenters. The minimum absolute atomic E-state index is 0.0377. The van der Waals surface area contributed by atoms with Crippen LogP contribution in [0.3, 0.4) is 0 Å². The maximum Gasteiger partial charge on any atom is 0.140 e. The Hall–Kier alpha value is -0.410. The van der Waals surface area contributed by atoms with Gasteiger partial charge in [0.15, 0.2) is 0 Å². The van der Waals surface area contributed by atoms with E-state index in [0.29, 0.717) is 30.1 Å². The normalized spacial score (nSPS) is 55.1. The van der Waals surface area contributed by atoms with Gasteiger partial charge in [-0.2, -0.15) is 0 Å². The van der Waals surface area contributed by atoms with Crippen LogP contribution < -0.4 is 0 Å². The molecule has 0 bridgehead atoms. The van der Waals surface area contributed by atoms with Gasteiger partial charge in [0.2, 0.25) is 0 Å². The first-order chi connectivity index (χ1) is 10.6. The number of rotatable bonds is 2. The Morgan fingerprint density at radius 2 is 1.96 bits per heavy atom. The highest BCUT2D eigenvalue weighted by Crippen LogP contribution is 2.81. The van der Waals surface area contributed by atoms with E-state index >= 15 is 0 Å². The summed E-state index contributed by atoms with van der Waals surface area (Å²) in [5.41, 5.74) is -0.823. The van der Waals surface area contributed by atoms with Gasteiger partial charge in [-0.3, -0.25) is 4.79 Å². The SMILES string of the molecule is CO[C@@H]1C[C@@H]2C[C@@]34CC[C@@H](C(C)(C)O)[C@]3(C)CC(=O)[C@@]4(C)[C@@H]2C1. The van der Waals surface area contributed by atoms with Crippen LogP contribution in [-0.4, -0.2) is 29.7 Å². The fourth-order valence-electron chi connectivity index (χ4n) is 8.15. The molecule has 0 heterocycles.